The van der Waals surface area contributed by atoms with E-state index in [4.69, 9.17) is 15.2 Å². The van der Waals surface area contributed by atoms with Crippen molar-refractivity contribution in [3.05, 3.63) is 23.8 Å². The van der Waals surface area contributed by atoms with E-state index < -0.39 is 12.1 Å². The number of ether oxygens (including phenoxy) is 2. The lowest BCUT2D eigenvalue weighted by atomic mass is 10.1. The maximum atomic E-state index is 11.8. The molecule has 0 bridgehead atoms. The predicted molar refractivity (Wildman–Crippen MR) is 75.9 cm³/mol. The second-order valence-electron chi connectivity index (χ2n) is 4.57. The summed E-state index contributed by atoms with van der Waals surface area (Å²) in [5.41, 5.74) is 6.45. The van der Waals surface area contributed by atoms with Crippen LogP contribution < -0.4 is 20.5 Å². The van der Waals surface area contributed by atoms with Crippen LogP contribution in [0, 0.1) is 0 Å². The number of aliphatic hydroxyl groups excluding tert-OH is 1. The van der Waals surface area contributed by atoms with Crippen molar-refractivity contribution in [1.82, 2.24) is 5.32 Å². The van der Waals surface area contributed by atoms with Gasteiger partial charge in [-0.25, -0.2) is 0 Å². The van der Waals surface area contributed by atoms with Crippen molar-refractivity contribution in [2.24, 2.45) is 5.73 Å². The van der Waals surface area contributed by atoms with Gasteiger partial charge in [-0.1, -0.05) is 6.07 Å². The molecule has 2 unspecified atom stereocenters. The molecule has 1 amide bonds. The van der Waals surface area contributed by atoms with Crippen LogP contribution in [0.3, 0.4) is 0 Å². The van der Waals surface area contributed by atoms with Gasteiger partial charge in [0.25, 0.3) is 0 Å². The van der Waals surface area contributed by atoms with Gasteiger partial charge < -0.3 is 25.6 Å². The summed E-state index contributed by atoms with van der Waals surface area (Å²) in [7, 11) is 3.10. The highest BCUT2D eigenvalue weighted by molar-refractivity contribution is 5.78. The minimum atomic E-state index is -0.656. The fourth-order valence-electron chi connectivity index (χ4n) is 1.64. The molecule has 0 saturated carbocycles. The zero-order valence-electron chi connectivity index (χ0n) is 12.1. The number of aliphatic hydroxyl groups is 1. The topological polar surface area (TPSA) is 93.8 Å². The van der Waals surface area contributed by atoms with E-state index in [0.717, 1.165) is 5.56 Å². The number of carbonyl (C=O) groups excluding carboxylic acids is 1. The third kappa shape index (κ3) is 4.71. The number of nitrogens with one attached hydrogen (secondary N) is 1. The standard InChI is InChI=1S/C14H22N2O4/c1-9(17)11(15)8-16-14(18)7-10-4-5-12(19-2)13(6-10)20-3/h4-6,9,11,17H,7-8,15H2,1-3H3,(H,16,18). The molecule has 0 aromatic heterocycles. The van der Waals surface area contributed by atoms with Gasteiger partial charge in [0.1, 0.15) is 0 Å². The first-order valence-electron chi connectivity index (χ1n) is 6.39. The number of benzene rings is 1. The summed E-state index contributed by atoms with van der Waals surface area (Å²) in [6.45, 7) is 1.83. The summed E-state index contributed by atoms with van der Waals surface area (Å²) in [5.74, 6) is 1.04. The maximum absolute atomic E-state index is 11.8. The molecular weight excluding hydrogens is 260 g/mol. The van der Waals surface area contributed by atoms with Gasteiger partial charge in [-0.05, 0) is 24.6 Å². The SMILES string of the molecule is COc1ccc(CC(=O)NCC(N)C(C)O)cc1OC. The number of carbonyl (C=O) groups is 1. The van der Waals surface area contributed by atoms with Crippen LogP contribution in [0.2, 0.25) is 0 Å². The van der Waals surface area contributed by atoms with Crippen molar-refractivity contribution in [2.75, 3.05) is 20.8 Å². The summed E-state index contributed by atoms with van der Waals surface area (Å²) < 4.78 is 10.3. The zero-order chi connectivity index (χ0) is 15.1. The van der Waals surface area contributed by atoms with E-state index in [1.54, 1.807) is 39.3 Å². The van der Waals surface area contributed by atoms with Crippen LogP contribution in [-0.4, -0.2) is 43.9 Å². The van der Waals surface area contributed by atoms with E-state index in [2.05, 4.69) is 5.32 Å². The molecule has 0 aliphatic heterocycles. The molecule has 112 valence electrons. The van der Waals surface area contributed by atoms with Crippen LogP contribution in [0.1, 0.15) is 12.5 Å². The summed E-state index contributed by atoms with van der Waals surface area (Å²) in [6.07, 6.45) is -0.441. The van der Waals surface area contributed by atoms with Gasteiger partial charge in [0.2, 0.25) is 5.91 Å². The molecule has 4 N–H and O–H groups in total. The molecule has 0 saturated heterocycles. The van der Waals surface area contributed by atoms with Crippen molar-refractivity contribution >= 4 is 5.91 Å². The fourth-order valence-corrected chi connectivity index (χ4v) is 1.64. The molecule has 0 fully saturated rings. The van der Waals surface area contributed by atoms with Gasteiger partial charge >= 0.3 is 0 Å². The fraction of sp³-hybridized carbons (Fsp3) is 0.500. The molecule has 0 aliphatic carbocycles. The van der Waals surface area contributed by atoms with E-state index in [1.807, 2.05) is 0 Å². The summed E-state index contributed by atoms with van der Waals surface area (Å²) >= 11 is 0. The van der Waals surface area contributed by atoms with Crippen molar-refractivity contribution in [2.45, 2.75) is 25.5 Å². The van der Waals surface area contributed by atoms with Crippen molar-refractivity contribution in [3.8, 4) is 11.5 Å². The van der Waals surface area contributed by atoms with E-state index >= 15 is 0 Å². The first-order valence-corrected chi connectivity index (χ1v) is 6.39. The van der Waals surface area contributed by atoms with Gasteiger partial charge in [-0.15, -0.1) is 0 Å². The number of rotatable bonds is 7. The van der Waals surface area contributed by atoms with Gasteiger partial charge in [0.15, 0.2) is 11.5 Å². The molecule has 6 nitrogen and oxygen atoms in total. The Morgan fingerprint density at radius 2 is 2.00 bits per heavy atom. The Kier molecular flexibility index (Phi) is 6.27. The van der Waals surface area contributed by atoms with Gasteiger partial charge in [-0.2, -0.15) is 0 Å². The molecule has 0 radical (unpaired) electrons. The van der Waals surface area contributed by atoms with E-state index in [9.17, 15) is 9.90 Å². The Morgan fingerprint density at radius 3 is 2.55 bits per heavy atom. The molecule has 1 aromatic carbocycles. The monoisotopic (exact) mass is 282 g/mol. The van der Waals surface area contributed by atoms with Gasteiger partial charge in [0, 0.05) is 12.6 Å². The molecule has 0 spiro atoms. The van der Waals surface area contributed by atoms with Gasteiger partial charge in [-0.3, -0.25) is 4.79 Å². The lowest BCUT2D eigenvalue weighted by Gasteiger charge is -2.15. The summed E-state index contributed by atoms with van der Waals surface area (Å²) in [4.78, 5) is 11.8. The molecular formula is C14H22N2O4. The number of nitrogens with two attached hydrogens (primary N) is 1. The number of hydrogen-bond donors (Lipinski definition) is 3. The van der Waals surface area contributed by atoms with Crippen LogP contribution in [-0.2, 0) is 11.2 Å². The van der Waals surface area contributed by atoms with Crippen LogP contribution in [0.15, 0.2) is 18.2 Å². The Hall–Kier alpha value is -1.79. The number of hydrogen-bond acceptors (Lipinski definition) is 5. The molecule has 6 heteroatoms. The number of methoxy groups -OCH3 is 2. The molecule has 2 atom stereocenters. The van der Waals surface area contributed by atoms with Crippen molar-refractivity contribution < 1.29 is 19.4 Å². The Morgan fingerprint density at radius 1 is 1.35 bits per heavy atom. The second-order valence-corrected chi connectivity index (χ2v) is 4.57. The van der Waals surface area contributed by atoms with Crippen LogP contribution in [0.25, 0.3) is 0 Å². The Labute approximate surface area is 118 Å². The minimum absolute atomic E-state index is 0.159. The highest BCUT2D eigenvalue weighted by Crippen LogP contribution is 2.27. The maximum Gasteiger partial charge on any atom is 0.224 e. The van der Waals surface area contributed by atoms with E-state index in [-0.39, 0.29) is 18.9 Å². The second kappa shape index (κ2) is 7.72. The summed E-state index contributed by atoms with van der Waals surface area (Å²) in [6, 6.07) is 4.84. The zero-order valence-corrected chi connectivity index (χ0v) is 12.1. The third-order valence-electron chi connectivity index (χ3n) is 2.97. The highest BCUT2D eigenvalue weighted by Gasteiger charge is 2.12. The smallest absolute Gasteiger partial charge is 0.224 e. The van der Waals surface area contributed by atoms with E-state index in [0.29, 0.717) is 11.5 Å². The molecule has 0 aliphatic rings. The molecule has 0 heterocycles. The first-order chi connectivity index (χ1) is 9.47. The number of amides is 1. The van der Waals surface area contributed by atoms with Crippen LogP contribution >= 0.6 is 0 Å². The lowest BCUT2D eigenvalue weighted by molar-refractivity contribution is -0.120. The van der Waals surface area contributed by atoms with Crippen molar-refractivity contribution in [3.63, 3.8) is 0 Å². The average Bonchev–Trinajstić information content (AvgIpc) is 2.44. The molecule has 1 aromatic rings. The minimum Gasteiger partial charge on any atom is -0.493 e. The van der Waals surface area contributed by atoms with E-state index in [1.165, 1.54) is 0 Å². The Bertz CT molecular complexity index is 449. The first kappa shape index (κ1) is 16.3. The Balaban J connectivity index is 2.58. The lowest BCUT2D eigenvalue weighted by Crippen LogP contribution is -2.44. The van der Waals surface area contributed by atoms with Gasteiger partial charge in [0.05, 0.1) is 26.7 Å². The largest absolute Gasteiger partial charge is 0.493 e. The quantitative estimate of drug-likeness (QED) is 0.658. The van der Waals surface area contributed by atoms with Crippen LogP contribution in [0.5, 0.6) is 11.5 Å². The van der Waals surface area contributed by atoms with Crippen molar-refractivity contribution in [1.29, 1.82) is 0 Å². The van der Waals surface area contributed by atoms with Crippen LogP contribution in [0.4, 0.5) is 0 Å². The third-order valence-corrected chi connectivity index (χ3v) is 2.97. The molecule has 1 rings (SSSR count). The average molecular weight is 282 g/mol. The highest BCUT2D eigenvalue weighted by atomic mass is 16.5. The predicted octanol–water partition coefficient (Wildman–Crippen LogP) is 0.0706. The normalized spacial score (nSPS) is 13.4. The molecule has 20 heavy (non-hydrogen) atoms. The summed E-state index contributed by atoms with van der Waals surface area (Å²) in [5, 5.41) is 11.9.